The van der Waals surface area contributed by atoms with Crippen molar-refractivity contribution in [2.24, 2.45) is 11.8 Å². The Morgan fingerprint density at radius 3 is 1.76 bits per heavy atom. The molecule has 2 aromatic rings. The zero-order valence-corrected chi connectivity index (χ0v) is 19.1. The van der Waals surface area contributed by atoms with E-state index in [4.69, 9.17) is 19.8 Å². The molecular formula is C23H23F6N3O5. The third-order valence-corrected chi connectivity index (χ3v) is 5.46. The van der Waals surface area contributed by atoms with Gasteiger partial charge in [-0.2, -0.15) is 26.3 Å². The van der Waals surface area contributed by atoms with Crippen LogP contribution in [0.4, 0.5) is 26.3 Å². The van der Waals surface area contributed by atoms with Crippen LogP contribution in [0.15, 0.2) is 54.9 Å². The van der Waals surface area contributed by atoms with Gasteiger partial charge in [0.15, 0.2) is 0 Å². The molecule has 1 amide bonds. The van der Waals surface area contributed by atoms with E-state index in [2.05, 4.69) is 34.1 Å². The van der Waals surface area contributed by atoms with Gasteiger partial charge in [0.05, 0.1) is 5.92 Å². The quantitative estimate of drug-likeness (QED) is 0.577. The normalized spacial score (nSPS) is 19.3. The lowest BCUT2D eigenvalue weighted by Gasteiger charge is -2.21. The van der Waals surface area contributed by atoms with Crippen LogP contribution in [0.5, 0.6) is 0 Å². The van der Waals surface area contributed by atoms with Crippen molar-refractivity contribution in [1.29, 1.82) is 0 Å². The van der Waals surface area contributed by atoms with Crippen LogP contribution in [0.25, 0.3) is 0 Å². The molecule has 2 saturated heterocycles. The average molecular weight is 535 g/mol. The lowest BCUT2D eigenvalue weighted by atomic mass is 10.0. The van der Waals surface area contributed by atoms with Gasteiger partial charge in [-0.1, -0.05) is 30.3 Å². The fourth-order valence-electron chi connectivity index (χ4n) is 3.85. The number of amides is 1. The number of nitrogens with zero attached hydrogens (tertiary/aromatic N) is 3. The summed E-state index contributed by atoms with van der Waals surface area (Å²) in [7, 11) is 0. The Morgan fingerprint density at radius 1 is 0.811 bits per heavy atom. The van der Waals surface area contributed by atoms with Gasteiger partial charge in [-0.15, -0.1) is 0 Å². The van der Waals surface area contributed by atoms with Gasteiger partial charge in [0.25, 0.3) is 0 Å². The zero-order chi connectivity index (χ0) is 27.8. The van der Waals surface area contributed by atoms with Gasteiger partial charge in [0.1, 0.15) is 0 Å². The van der Waals surface area contributed by atoms with Crippen molar-refractivity contribution in [1.82, 2.24) is 14.8 Å². The summed E-state index contributed by atoms with van der Waals surface area (Å²) in [5, 5.41) is 14.2. The summed E-state index contributed by atoms with van der Waals surface area (Å²) < 4.78 is 63.5. The standard InChI is InChI=1S/C19H21N3O.2C2HF3O2/c23-19-18-14-21(10-15-4-2-1-3-5-15)12-17(18)13-22(19)11-16-6-8-20-9-7-16;2*3-2(4,5)1(6)7/h1-9,17-18H,10-14H2;2*(H,6,7)/t17-,18-;;/m0../s1. The molecule has 2 N–H and O–H groups in total. The van der Waals surface area contributed by atoms with E-state index in [0.29, 0.717) is 18.4 Å². The van der Waals surface area contributed by atoms with Gasteiger partial charge in [0, 0.05) is 51.0 Å². The number of aliphatic carboxylic acids is 2. The number of carboxylic acid groups (broad SMARTS) is 2. The molecule has 3 heterocycles. The second-order valence-electron chi connectivity index (χ2n) is 8.23. The number of fused-ring (bicyclic) bond motifs is 1. The van der Waals surface area contributed by atoms with E-state index in [1.165, 1.54) is 5.56 Å². The van der Waals surface area contributed by atoms with Crippen molar-refractivity contribution in [3.63, 3.8) is 0 Å². The molecule has 2 fully saturated rings. The number of pyridine rings is 1. The van der Waals surface area contributed by atoms with Crippen molar-refractivity contribution < 1.29 is 50.9 Å². The highest BCUT2D eigenvalue weighted by Gasteiger charge is 2.45. The first-order valence-electron chi connectivity index (χ1n) is 10.7. The molecule has 2 atom stereocenters. The van der Waals surface area contributed by atoms with Gasteiger partial charge >= 0.3 is 24.3 Å². The highest BCUT2D eigenvalue weighted by atomic mass is 19.4. The van der Waals surface area contributed by atoms with Crippen molar-refractivity contribution >= 4 is 17.8 Å². The molecule has 2 aliphatic rings. The third kappa shape index (κ3) is 9.37. The maximum atomic E-state index is 12.7. The molecule has 0 saturated carbocycles. The molecule has 1 aromatic carbocycles. The maximum absolute atomic E-state index is 12.7. The van der Waals surface area contributed by atoms with Gasteiger partial charge < -0.3 is 15.1 Å². The van der Waals surface area contributed by atoms with E-state index in [1.54, 1.807) is 12.4 Å². The zero-order valence-electron chi connectivity index (χ0n) is 19.1. The molecule has 2 aliphatic heterocycles. The molecule has 202 valence electrons. The van der Waals surface area contributed by atoms with Gasteiger partial charge in [-0.3, -0.25) is 14.7 Å². The van der Waals surface area contributed by atoms with Crippen LogP contribution in [-0.2, 0) is 27.5 Å². The number of halogens is 6. The first-order valence-corrected chi connectivity index (χ1v) is 10.7. The summed E-state index contributed by atoms with van der Waals surface area (Å²) in [6.07, 6.45) is -6.59. The smallest absolute Gasteiger partial charge is 0.475 e. The summed E-state index contributed by atoms with van der Waals surface area (Å²) in [6, 6.07) is 14.5. The summed E-state index contributed by atoms with van der Waals surface area (Å²) in [5.41, 5.74) is 2.49. The van der Waals surface area contributed by atoms with Crippen molar-refractivity contribution in [2.75, 3.05) is 19.6 Å². The summed E-state index contributed by atoms with van der Waals surface area (Å²) in [5.74, 6) is -4.53. The molecule has 0 unspecified atom stereocenters. The third-order valence-electron chi connectivity index (χ3n) is 5.46. The fourth-order valence-corrected chi connectivity index (χ4v) is 3.85. The van der Waals surface area contributed by atoms with E-state index in [1.807, 2.05) is 23.1 Å². The maximum Gasteiger partial charge on any atom is 0.490 e. The van der Waals surface area contributed by atoms with E-state index in [0.717, 1.165) is 31.7 Å². The molecule has 0 radical (unpaired) electrons. The number of benzene rings is 1. The predicted octanol–water partition coefficient (Wildman–Crippen LogP) is 3.44. The highest BCUT2D eigenvalue weighted by Crippen LogP contribution is 2.33. The van der Waals surface area contributed by atoms with Crippen molar-refractivity contribution in [3.8, 4) is 0 Å². The van der Waals surface area contributed by atoms with Crippen LogP contribution in [0.3, 0.4) is 0 Å². The second kappa shape index (κ2) is 12.5. The van der Waals surface area contributed by atoms with Crippen LogP contribution in [0, 0.1) is 11.8 Å². The lowest BCUT2D eigenvalue weighted by molar-refractivity contribution is -0.193. The van der Waals surface area contributed by atoms with E-state index >= 15 is 0 Å². The van der Waals surface area contributed by atoms with E-state index in [-0.39, 0.29) is 5.92 Å². The molecular weight excluding hydrogens is 512 g/mol. The van der Waals surface area contributed by atoms with Crippen molar-refractivity contribution in [2.45, 2.75) is 25.4 Å². The Bertz CT molecular complexity index is 1030. The molecule has 1 aromatic heterocycles. The summed E-state index contributed by atoms with van der Waals surface area (Å²) >= 11 is 0. The van der Waals surface area contributed by atoms with Gasteiger partial charge in [-0.05, 0) is 23.3 Å². The van der Waals surface area contributed by atoms with Crippen LogP contribution >= 0.6 is 0 Å². The molecule has 37 heavy (non-hydrogen) atoms. The molecule has 8 nitrogen and oxygen atoms in total. The van der Waals surface area contributed by atoms with Gasteiger partial charge in [-0.25, -0.2) is 9.59 Å². The molecule has 0 bridgehead atoms. The number of hydrogen-bond acceptors (Lipinski definition) is 5. The first-order chi connectivity index (χ1) is 17.2. The highest BCUT2D eigenvalue weighted by molar-refractivity contribution is 5.82. The fraction of sp³-hybridized carbons (Fsp3) is 0.391. The summed E-state index contributed by atoms with van der Waals surface area (Å²) in [4.78, 5) is 38.9. The average Bonchev–Trinajstić information content (AvgIpc) is 3.33. The van der Waals surface area contributed by atoms with Crippen LogP contribution in [-0.4, -0.2) is 74.8 Å². The monoisotopic (exact) mass is 535 g/mol. The van der Waals surface area contributed by atoms with Crippen molar-refractivity contribution in [3.05, 3.63) is 66.0 Å². The Labute approximate surface area is 207 Å². The Morgan fingerprint density at radius 2 is 1.30 bits per heavy atom. The number of alkyl halides is 6. The number of carbonyl (C=O) groups excluding carboxylic acids is 1. The van der Waals surface area contributed by atoms with Crippen LogP contribution in [0.1, 0.15) is 11.1 Å². The first kappa shape index (κ1) is 29.5. The van der Waals surface area contributed by atoms with Gasteiger partial charge in [0.2, 0.25) is 5.91 Å². The summed E-state index contributed by atoms with van der Waals surface area (Å²) in [6.45, 7) is 4.47. The lowest BCUT2D eigenvalue weighted by Crippen LogP contribution is -2.32. The number of carbonyl (C=O) groups is 3. The van der Waals surface area contributed by atoms with E-state index in [9.17, 15) is 31.1 Å². The Balaban J connectivity index is 0.000000286. The Kier molecular flexibility index (Phi) is 10.00. The molecule has 0 spiro atoms. The van der Waals surface area contributed by atoms with E-state index < -0.39 is 24.3 Å². The van der Waals surface area contributed by atoms with Crippen LogP contribution < -0.4 is 0 Å². The number of rotatable bonds is 4. The topological polar surface area (TPSA) is 111 Å². The SMILES string of the molecule is O=C(O)C(F)(F)F.O=C(O)C(F)(F)F.O=C1[C@H]2CN(Cc3ccccc3)C[C@H]2CN1Cc1ccncc1. The predicted molar refractivity (Wildman–Crippen MR) is 116 cm³/mol. The second-order valence-corrected chi connectivity index (χ2v) is 8.23. The molecule has 0 aliphatic carbocycles. The Hall–Kier alpha value is -3.68. The number of aromatic nitrogens is 1. The number of hydrogen-bond donors (Lipinski definition) is 2. The molecule has 4 rings (SSSR count). The largest absolute Gasteiger partial charge is 0.490 e. The number of carboxylic acids is 2. The minimum Gasteiger partial charge on any atom is -0.475 e. The molecule has 14 heteroatoms. The minimum absolute atomic E-state index is 0.181. The minimum atomic E-state index is -5.08. The number of likely N-dealkylation sites (tertiary alicyclic amines) is 2. The van der Waals surface area contributed by atoms with Crippen LogP contribution in [0.2, 0.25) is 0 Å².